The Kier molecular flexibility index (Phi) is 2.54. The molecule has 0 unspecified atom stereocenters. The van der Waals surface area contributed by atoms with Gasteiger partial charge in [0, 0.05) is 11.6 Å². The van der Waals surface area contributed by atoms with Crippen molar-refractivity contribution >= 4 is 15.9 Å². The summed E-state index contributed by atoms with van der Waals surface area (Å²) in [6.45, 7) is 1.92. The summed E-state index contributed by atoms with van der Waals surface area (Å²) in [5.74, 6) is 0.320. The van der Waals surface area contributed by atoms with E-state index in [1.807, 2.05) is 13.0 Å². The van der Waals surface area contributed by atoms with Crippen LogP contribution < -0.4 is 5.73 Å². The van der Waals surface area contributed by atoms with Crippen LogP contribution in [-0.4, -0.2) is 5.11 Å². The van der Waals surface area contributed by atoms with Gasteiger partial charge in [0.05, 0.1) is 4.47 Å². The van der Waals surface area contributed by atoms with Crippen molar-refractivity contribution in [2.24, 2.45) is 5.73 Å². The number of phenols is 1. The van der Waals surface area contributed by atoms with E-state index in [1.165, 1.54) is 17.5 Å². The van der Waals surface area contributed by atoms with Gasteiger partial charge < -0.3 is 10.8 Å². The van der Waals surface area contributed by atoms with Gasteiger partial charge in [-0.3, -0.25) is 0 Å². The third-order valence-corrected chi connectivity index (χ3v) is 3.43. The molecule has 0 aromatic heterocycles. The minimum absolute atomic E-state index is 0.0978. The molecule has 1 aliphatic carbocycles. The number of aryl methyl sites for hydroxylation is 1. The molecule has 0 fully saturated rings. The summed E-state index contributed by atoms with van der Waals surface area (Å²) in [5.41, 5.74) is 9.40. The Morgan fingerprint density at radius 3 is 2.86 bits per heavy atom. The van der Waals surface area contributed by atoms with Crippen molar-refractivity contribution in [3.63, 3.8) is 0 Å². The second-order valence-corrected chi connectivity index (χ2v) is 4.75. The lowest BCUT2D eigenvalue weighted by Crippen LogP contribution is -2.09. The number of fused-ring (bicyclic) bond motifs is 1. The van der Waals surface area contributed by atoms with Crippen LogP contribution in [0.4, 0.5) is 0 Å². The first-order chi connectivity index (χ1) is 6.61. The molecular weight excluding hydrogens is 242 g/mol. The summed E-state index contributed by atoms with van der Waals surface area (Å²) in [4.78, 5) is 0. The summed E-state index contributed by atoms with van der Waals surface area (Å²) >= 11 is 3.36. The fourth-order valence-electron chi connectivity index (χ4n) is 2.22. The van der Waals surface area contributed by atoms with Crippen LogP contribution >= 0.6 is 15.9 Å². The molecule has 0 spiro atoms. The lowest BCUT2D eigenvalue weighted by Gasteiger charge is -2.15. The quantitative estimate of drug-likeness (QED) is 0.811. The highest BCUT2D eigenvalue weighted by atomic mass is 79.9. The van der Waals surface area contributed by atoms with Crippen LogP contribution in [0.25, 0.3) is 0 Å². The van der Waals surface area contributed by atoms with Crippen LogP contribution in [0.2, 0.25) is 0 Å². The van der Waals surface area contributed by atoms with Crippen LogP contribution in [0.1, 0.15) is 36.1 Å². The third kappa shape index (κ3) is 1.44. The van der Waals surface area contributed by atoms with Crippen LogP contribution in [0.3, 0.4) is 0 Å². The Balaban J connectivity index is 2.66. The summed E-state index contributed by atoms with van der Waals surface area (Å²) in [6.07, 6.45) is 3.33. The van der Waals surface area contributed by atoms with Crippen molar-refractivity contribution < 1.29 is 5.11 Å². The van der Waals surface area contributed by atoms with Crippen molar-refractivity contribution in [1.29, 1.82) is 0 Å². The van der Waals surface area contributed by atoms with E-state index in [-0.39, 0.29) is 6.04 Å². The molecule has 2 nitrogen and oxygen atoms in total. The van der Waals surface area contributed by atoms with E-state index in [2.05, 4.69) is 15.9 Å². The second-order valence-electron chi connectivity index (χ2n) is 3.90. The van der Waals surface area contributed by atoms with E-state index in [0.29, 0.717) is 5.75 Å². The zero-order valence-electron chi connectivity index (χ0n) is 8.18. The van der Waals surface area contributed by atoms with Gasteiger partial charge in [0.2, 0.25) is 0 Å². The van der Waals surface area contributed by atoms with Crippen molar-refractivity contribution in [3.8, 4) is 5.75 Å². The first-order valence-electron chi connectivity index (χ1n) is 4.90. The molecule has 1 aliphatic rings. The molecule has 1 aromatic rings. The fourth-order valence-corrected chi connectivity index (χ4v) is 2.71. The van der Waals surface area contributed by atoms with Gasteiger partial charge in [-0.25, -0.2) is 0 Å². The van der Waals surface area contributed by atoms with Crippen LogP contribution in [0.15, 0.2) is 10.5 Å². The zero-order valence-corrected chi connectivity index (χ0v) is 9.76. The SMILES string of the molecule is C[C@H](N)c1c(O)c(Br)cc2c1CCC2. The van der Waals surface area contributed by atoms with Gasteiger partial charge in [-0.05, 0) is 59.3 Å². The fraction of sp³-hybridized carbons (Fsp3) is 0.455. The number of hydrogen-bond acceptors (Lipinski definition) is 2. The maximum absolute atomic E-state index is 9.91. The lowest BCUT2D eigenvalue weighted by molar-refractivity contribution is 0.459. The van der Waals surface area contributed by atoms with Gasteiger partial charge >= 0.3 is 0 Å². The number of aromatic hydroxyl groups is 1. The number of benzene rings is 1. The molecule has 1 atom stereocenters. The predicted octanol–water partition coefficient (Wildman–Crippen LogP) is 2.66. The molecule has 2 rings (SSSR count). The molecule has 0 aliphatic heterocycles. The molecule has 0 heterocycles. The molecule has 3 N–H and O–H groups in total. The van der Waals surface area contributed by atoms with E-state index in [4.69, 9.17) is 5.73 Å². The standard InChI is InChI=1S/C11H14BrNO/c1-6(13)10-8-4-2-3-7(8)5-9(12)11(10)14/h5-6,14H,2-4,13H2,1H3/t6-/m0/s1. The topological polar surface area (TPSA) is 46.2 Å². The van der Waals surface area contributed by atoms with E-state index in [0.717, 1.165) is 22.9 Å². The summed E-state index contributed by atoms with van der Waals surface area (Å²) in [7, 11) is 0. The van der Waals surface area contributed by atoms with Crippen molar-refractivity contribution in [3.05, 3.63) is 27.2 Å². The Morgan fingerprint density at radius 1 is 1.50 bits per heavy atom. The normalized spacial score (nSPS) is 16.8. The summed E-state index contributed by atoms with van der Waals surface area (Å²) in [6, 6.07) is 1.92. The maximum Gasteiger partial charge on any atom is 0.134 e. The molecule has 76 valence electrons. The second kappa shape index (κ2) is 3.55. The molecule has 0 saturated carbocycles. The Morgan fingerprint density at radius 2 is 2.21 bits per heavy atom. The monoisotopic (exact) mass is 255 g/mol. The maximum atomic E-state index is 9.91. The number of nitrogens with two attached hydrogens (primary N) is 1. The molecule has 0 bridgehead atoms. The van der Waals surface area contributed by atoms with E-state index >= 15 is 0 Å². The predicted molar refractivity (Wildman–Crippen MR) is 60.4 cm³/mol. The first kappa shape index (κ1) is 9.99. The highest BCUT2D eigenvalue weighted by Crippen LogP contribution is 2.39. The van der Waals surface area contributed by atoms with Gasteiger partial charge in [0.25, 0.3) is 0 Å². The molecule has 14 heavy (non-hydrogen) atoms. The molecule has 1 aromatic carbocycles. The summed E-state index contributed by atoms with van der Waals surface area (Å²) < 4.78 is 0.769. The number of rotatable bonds is 1. The minimum Gasteiger partial charge on any atom is -0.506 e. The zero-order chi connectivity index (χ0) is 10.3. The Labute approximate surface area is 92.3 Å². The van der Waals surface area contributed by atoms with Gasteiger partial charge in [-0.2, -0.15) is 0 Å². The van der Waals surface area contributed by atoms with Gasteiger partial charge in [-0.15, -0.1) is 0 Å². The molecule has 3 heteroatoms. The average Bonchev–Trinajstić information content (AvgIpc) is 2.52. The molecule has 0 radical (unpaired) electrons. The van der Waals surface area contributed by atoms with Crippen LogP contribution in [0.5, 0.6) is 5.75 Å². The molecule has 0 amide bonds. The van der Waals surface area contributed by atoms with E-state index in [9.17, 15) is 5.11 Å². The van der Waals surface area contributed by atoms with E-state index in [1.54, 1.807) is 0 Å². The number of phenolic OH excluding ortho intramolecular Hbond substituents is 1. The Bertz CT molecular complexity index is 374. The summed E-state index contributed by atoms with van der Waals surface area (Å²) in [5, 5.41) is 9.91. The van der Waals surface area contributed by atoms with Gasteiger partial charge in [0.1, 0.15) is 5.75 Å². The smallest absolute Gasteiger partial charge is 0.134 e. The molecule has 0 saturated heterocycles. The number of hydrogen-bond donors (Lipinski definition) is 2. The lowest BCUT2D eigenvalue weighted by atomic mass is 9.97. The van der Waals surface area contributed by atoms with Crippen LogP contribution in [-0.2, 0) is 12.8 Å². The van der Waals surface area contributed by atoms with Gasteiger partial charge in [-0.1, -0.05) is 0 Å². The average molecular weight is 256 g/mol. The minimum atomic E-state index is -0.0978. The van der Waals surface area contributed by atoms with Crippen molar-refractivity contribution in [2.75, 3.05) is 0 Å². The highest BCUT2D eigenvalue weighted by molar-refractivity contribution is 9.10. The number of halogens is 1. The largest absolute Gasteiger partial charge is 0.506 e. The first-order valence-corrected chi connectivity index (χ1v) is 5.69. The van der Waals surface area contributed by atoms with Crippen molar-refractivity contribution in [2.45, 2.75) is 32.2 Å². The van der Waals surface area contributed by atoms with Crippen molar-refractivity contribution in [1.82, 2.24) is 0 Å². The third-order valence-electron chi connectivity index (χ3n) is 2.82. The van der Waals surface area contributed by atoms with E-state index < -0.39 is 0 Å². The Hall–Kier alpha value is -0.540. The molecular formula is C11H14BrNO. The van der Waals surface area contributed by atoms with Crippen LogP contribution in [0, 0.1) is 0 Å². The highest BCUT2D eigenvalue weighted by Gasteiger charge is 2.22. The van der Waals surface area contributed by atoms with Gasteiger partial charge in [0.15, 0.2) is 0 Å².